The molecule has 0 radical (unpaired) electrons. The largest absolute Gasteiger partial charge is 0.353 e. The van der Waals surface area contributed by atoms with Crippen molar-refractivity contribution in [3.8, 4) is 0 Å². The molecular weight excluding hydrogens is 213 g/mol. The number of hydrogen-bond acceptors (Lipinski definition) is 3. The van der Waals surface area contributed by atoms with Crippen LogP contribution in [0.5, 0.6) is 0 Å². The van der Waals surface area contributed by atoms with Crippen LogP contribution in [0, 0.1) is 0 Å². The van der Waals surface area contributed by atoms with Crippen LogP contribution in [0.3, 0.4) is 0 Å². The van der Waals surface area contributed by atoms with E-state index in [0.29, 0.717) is 12.4 Å². The molecular formula is C9H14N3O2P. The second-order valence-corrected chi connectivity index (χ2v) is 3.73. The molecule has 0 spiro atoms. The Balaban J connectivity index is 3.59. The van der Waals surface area contributed by atoms with Crippen molar-refractivity contribution in [3.63, 3.8) is 0 Å². The zero-order valence-corrected chi connectivity index (χ0v) is 10.0. The van der Waals surface area contributed by atoms with Crippen LogP contribution < -0.4 is 11.4 Å². The molecule has 0 aliphatic rings. The summed E-state index contributed by atoms with van der Waals surface area (Å²) in [6.45, 7) is 5.80. The van der Waals surface area contributed by atoms with Crippen molar-refractivity contribution >= 4 is 14.8 Å². The van der Waals surface area contributed by atoms with Gasteiger partial charge in [-0.1, -0.05) is 6.08 Å². The van der Waals surface area contributed by atoms with Crippen molar-refractivity contribution in [3.05, 3.63) is 32.9 Å². The molecule has 0 saturated heterocycles. The number of aromatic nitrogens is 3. The SMILES string of the molecule is C/C=C/c1nc(=O)n(CC)c(=O)n1PC. The van der Waals surface area contributed by atoms with E-state index < -0.39 is 5.69 Å². The minimum absolute atomic E-state index is 0.264. The van der Waals surface area contributed by atoms with Crippen LogP contribution in [0.2, 0.25) is 0 Å². The third kappa shape index (κ3) is 2.23. The first kappa shape index (κ1) is 11.9. The van der Waals surface area contributed by atoms with Gasteiger partial charge in [-0.2, -0.15) is 4.98 Å². The summed E-state index contributed by atoms with van der Waals surface area (Å²) in [6, 6.07) is 0. The molecule has 1 rings (SSSR count). The average Bonchev–Trinajstić information content (AvgIpc) is 2.19. The van der Waals surface area contributed by atoms with Crippen LogP contribution in [0.15, 0.2) is 15.7 Å². The molecule has 0 N–H and O–H groups in total. The maximum atomic E-state index is 11.8. The first-order valence-electron chi connectivity index (χ1n) is 4.70. The van der Waals surface area contributed by atoms with Crippen LogP contribution in [-0.2, 0) is 6.54 Å². The van der Waals surface area contributed by atoms with E-state index in [2.05, 4.69) is 4.98 Å². The van der Waals surface area contributed by atoms with Crippen LogP contribution in [0.25, 0.3) is 6.08 Å². The van der Waals surface area contributed by atoms with Gasteiger partial charge >= 0.3 is 11.4 Å². The van der Waals surface area contributed by atoms with E-state index in [1.54, 1.807) is 19.1 Å². The Morgan fingerprint density at radius 2 is 2.13 bits per heavy atom. The van der Waals surface area contributed by atoms with Crippen molar-refractivity contribution in [2.45, 2.75) is 20.4 Å². The highest BCUT2D eigenvalue weighted by Gasteiger charge is 2.07. The number of rotatable bonds is 3. The summed E-state index contributed by atoms with van der Waals surface area (Å²) < 4.78 is 2.63. The molecule has 0 amide bonds. The van der Waals surface area contributed by atoms with Gasteiger partial charge in [0.1, 0.15) is 5.82 Å². The van der Waals surface area contributed by atoms with Gasteiger partial charge < -0.3 is 0 Å². The quantitative estimate of drug-likeness (QED) is 0.708. The third-order valence-corrected chi connectivity index (χ3v) is 2.82. The van der Waals surface area contributed by atoms with Crippen molar-refractivity contribution in [2.75, 3.05) is 6.66 Å². The number of nitrogens with zero attached hydrogens (tertiary/aromatic N) is 3. The van der Waals surface area contributed by atoms with Crippen LogP contribution in [0.1, 0.15) is 19.7 Å². The van der Waals surface area contributed by atoms with Gasteiger partial charge in [0.25, 0.3) is 0 Å². The molecule has 82 valence electrons. The molecule has 1 atom stereocenters. The fraction of sp³-hybridized carbons (Fsp3) is 0.444. The van der Waals surface area contributed by atoms with E-state index in [9.17, 15) is 9.59 Å². The molecule has 0 fully saturated rings. The molecule has 1 unspecified atom stereocenters. The highest BCUT2D eigenvalue weighted by Crippen LogP contribution is 2.07. The number of hydrogen-bond donors (Lipinski definition) is 0. The smallest absolute Gasteiger partial charge is 0.259 e. The van der Waals surface area contributed by atoms with Gasteiger partial charge in [-0.05, 0) is 35.3 Å². The fourth-order valence-corrected chi connectivity index (χ4v) is 1.92. The second kappa shape index (κ2) is 5.03. The Morgan fingerprint density at radius 3 is 2.60 bits per heavy atom. The zero-order chi connectivity index (χ0) is 11.4. The van der Waals surface area contributed by atoms with E-state index in [4.69, 9.17) is 0 Å². The predicted molar refractivity (Wildman–Crippen MR) is 62.8 cm³/mol. The molecule has 0 saturated carbocycles. The molecule has 1 heterocycles. The normalized spacial score (nSPS) is 11.9. The summed E-state index contributed by atoms with van der Waals surface area (Å²) in [6.07, 6.45) is 3.42. The second-order valence-electron chi connectivity index (χ2n) is 2.84. The molecule has 0 aliphatic carbocycles. The van der Waals surface area contributed by atoms with Crippen molar-refractivity contribution in [1.29, 1.82) is 0 Å². The van der Waals surface area contributed by atoms with Gasteiger partial charge in [0, 0.05) is 6.54 Å². The van der Waals surface area contributed by atoms with E-state index in [0.717, 1.165) is 4.57 Å². The maximum Gasteiger partial charge on any atom is 0.353 e. The first-order chi connectivity index (χ1) is 7.15. The topological polar surface area (TPSA) is 56.9 Å². The Kier molecular flexibility index (Phi) is 3.97. The summed E-state index contributed by atoms with van der Waals surface area (Å²) >= 11 is 0. The number of allylic oxidation sites excluding steroid dienone is 1. The molecule has 0 bridgehead atoms. The molecule has 1 aromatic rings. The minimum Gasteiger partial charge on any atom is -0.259 e. The minimum atomic E-state index is -0.481. The lowest BCUT2D eigenvalue weighted by molar-refractivity contribution is 0.628. The van der Waals surface area contributed by atoms with Gasteiger partial charge in [0.15, 0.2) is 0 Å². The summed E-state index contributed by atoms with van der Waals surface area (Å²) in [5.41, 5.74) is -0.767. The Labute approximate surface area is 89.3 Å². The highest BCUT2D eigenvalue weighted by atomic mass is 31.1. The third-order valence-electron chi connectivity index (χ3n) is 1.95. The predicted octanol–water partition coefficient (Wildman–Crippen LogP) is 0.529. The van der Waals surface area contributed by atoms with Crippen LogP contribution >= 0.6 is 8.73 Å². The van der Waals surface area contributed by atoms with Gasteiger partial charge in [0.2, 0.25) is 0 Å². The lowest BCUT2D eigenvalue weighted by Crippen LogP contribution is -2.40. The fourth-order valence-electron chi connectivity index (χ4n) is 1.25. The monoisotopic (exact) mass is 227 g/mol. The molecule has 0 aromatic carbocycles. The Hall–Kier alpha value is -1.22. The van der Waals surface area contributed by atoms with E-state index >= 15 is 0 Å². The van der Waals surface area contributed by atoms with Gasteiger partial charge in [0.05, 0.1) is 0 Å². The van der Waals surface area contributed by atoms with Crippen LogP contribution in [-0.4, -0.2) is 20.6 Å². The molecule has 1 aromatic heterocycles. The van der Waals surface area contributed by atoms with E-state index in [1.807, 2.05) is 13.6 Å². The standard InChI is InChI=1S/C9H14N3O2P/c1-4-6-7-10-8(13)11(5-2)9(14)12(7)15-3/h4,6,15H,5H2,1-3H3/b6-4+. The van der Waals surface area contributed by atoms with Crippen molar-refractivity contribution < 1.29 is 0 Å². The lowest BCUT2D eigenvalue weighted by atomic mass is 10.5. The van der Waals surface area contributed by atoms with Gasteiger partial charge in [-0.25, -0.2) is 14.2 Å². The maximum absolute atomic E-state index is 11.8. The Morgan fingerprint density at radius 1 is 1.47 bits per heavy atom. The molecule has 15 heavy (non-hydrogen) atoms. The van der Waals surface area contributed by atoms with E-state index in [-0.39, 0.29) is 14.4 Å². The Bertz CT molecular complexity index is 487. The van der Waals surface area contributed by atoms with Crippen molar-refractivity contribution in [1.82, 2.24) is 13.9 Å². The molecule has 6 heteroatoms. The summed E-state index contributed by atoms with van der Waals surface area (Å²) in [7, 11) is 0.264. The van der Waals surface area contributed by atoms with Gasteiger partial charge in [-0.15, -0.1) is 0 Å². The zero-order valence-electron chi connectivity index (χ0n) is 9.02. The summed E-state index contributed by atoms with van der Waals surface area (Å²) in [5.74, 6) is 0.429. The summed E-state index contributed by atoms with van der Waals surface area (Å²) in [4.78, 5) is 27.1. The van der Waals surface area contributed by atoms with Crippen molar-refractivity contribution in [2.24, 2.45) is 0 Å². The average molecular weight is 227 g/mol. The highest BCUT2D eigenvalue weighted by molar-refractivity contribution is 7.35. The van der Waals surface area contributed by atoms with E-state index in [1.165, 1.54) is 4.34 Å². The van der Waals surface area contributed by atoms with Crippen LogP contribution in [0.4, 0.5) is 0 Å². The lowest BCUT2D eigenvalue weighted by Gasteiger charge is -2.08. The van der Waals surface area contributed by atoms with Gasteiger partial charge in [-0.3, -0.25) is 4.34 Å². The molecule has 0 aliphatic heterocycles. The summed E-state index contributed by atoms with van der Waals surface area (Å²) in [5, 5.41) is 0. The first-order valence-corrected chi connectivity index (χ1v) is 6.14. The molecule has 5 nitrogen and oxygen atoms in total.